The molecule has 1 aliphatic carbocycles. The third kappa shape index (κ3) is 12.8. The smallest absolute Gasteiger partial charge is 0.270 e. The van der Waals surface area contributed by atoms with Crippen molar-refractivity contribution in [1.29, 1.82) is 0 Å². The first-order valence-electron chi connectivity index (χ1n) is 27.7. The normalized spacial score (nSPS) is 24.1. The second-order valence-corrected chi connectivity index (χ2v) is 23.4. The van der Waals surface area contributed by atoms with Gasteiger partial charge in [-0.05, 0) is 130 Å². The Kier molecular flexibility index (Phi) is 17.4. The summed E-state index contributed by atoms with van der Waals surface area (Å²) in [4.78, 5) is 127. The number of primary amides is 1. The number of hydrogen-bond donors (Lipinski definition) is 5. The van der Waals surface area contributed by atoms with Crippen LogP contribution < -0.4 is 21.7 Å². The molecule has 1 aromatic heterocycles. The van der Waals surface area contributed by atoms with E-state index in [-0.39, 0.29) is 98.4 Å². The number of alkyl halides is 2. The number of thiophene rings is 1. The number of hydrogen-bond acceptors (Lipinski definition) is 11. The van der Waals surface area contributed by atoms with Crippen molar-refractivity contribution >= 4 is 74.5 Å². The fourth-order valence-corrected chi connectivity index (χ4v) is 13.6. The number of rotatable bonds is 16. The molecule has 0 bridgehead atoms. The second-order valence-electron chi connectivity index (χ2n) is 22.3. The van der Waals surface area contributed by atoms with Crippen molar-refractivity contribution in [2.45, 2.75) is 178 Å². The Hall–Kier alpha value is -6.59. The van der Waals surface area contributed by atoms with Crippen LogP contribution in [0.3, 0.4) is 0 Å². The summed E-state index contributed by atoms with van der Waals surface area (Å²) in [5.41, 5.74) is 7.38. The lowest BCUT2D eigenvalue weighted by Crippen LogP contribution is -2.58. The van der Waals surface area contributed by atoms with E-state index in [0.29, 0.717) is 47.5 Å². The van der Waals surface area contributed by atoms with Crippen LogP contribution in [0, 0.1) is 29.6 Å². The van der Waals surface area contributed by atoms with E-state index in [2.05, 4.69) is 27.8 Å². The van der Waals surface area contributed by atoms with Gasteiger partial charge in [0.1, 0.15) is 18.1 Å². The molecule has 3 aromatic rings. The summed E-state index contributed by atoms with van der Waals surface area (Å²) in [5, 5.41) is 19.4. The minimum atomic E-state index is -3.08. The molecule has 6 aliphatic rings. The Morgan fingerprint density at radius 3 is 2.44 bits per heavy atom. The molecular formula is C58H69F2N7O10S. The number of Topliss-reactive ketones (excluding diaryl/α,β-unsaturated/α-hetero) is 1. The van der Waals surface area contributed by atoms with Gasteiger partial charge in [0.25, 0.3) is 17.7 Å². The van der Waals surface area contributed by atoms with Crippen molar-refractivity contribution in [3.05, 3.63) is 69.6 Å². The van der Waals surface area contributed by atoms with E-state index in [0.717, 1.165) is 80.8 Å². The van der Waals surface area contributed by atoms with Crippen molar-refractivity contribution in [3.8, 4) is 11.8 Å². The van der Waals surface area contributed by atoms with E-state index in [1.807, 2.05) is 11.0 Å². The van der Waals surface area contributed by atoms with Crippen molar-refractivity contribution in [2.24, 2.45) is 23.5 Å². The van der Waals surface area contributed by atoms with Gasteiger partial charge in [0.2, 0.25) is 35.4 Å². The average molecular weight is 1090 g/mol. The van der Waals surface area contributed by atoms with Gasteiger partial charge in [0, 0.05) is 85.6 Å². The number of amides is 8. The number of nitrogens with zero attached hydrogens (tertiary/aromatic N) is 3. The number of aliphatic hydroxyl groups is 1. The van der Waals surface area contributed by atoms with Gasteiger partial charge in [-0.2, -0.15) is 0 Å². The fraction of sp³-hybridized carbons (Fsp3) is 0.569. The number of halogens is 2. The summed E-state index contributed by atoms with van der Waals surface area (Å²) in [6, 6.07) is 6.37. The molecule has 2 aromatic carbocycles. The summed E-state index contributed by atoms with van der Waals surface area (Å²) in [6.07, 6.45) is 7.49. The van der Waals surface area contributed by atoms with E-state index in [1.165, 1.54) is 34.1 Å². The third-order valence-electron chi connectivity index (χ3n) is 17.0. The van der Waals surface area contributed by atoms with E-state index in [1.54, 1.807) is 12.1 Å². The van der Waals surface area contributed by atoms with Crippen LogP contribution in [0.1, 0.15) is 166 Å². The lowest BCUT2D eigenvalue weighted by atomic mass is 9.76. The molecule has 7 atom stereocenters. The molecule has 4 saturated heterocycles. The van der Waals surface area contributed by atoms with E-state index < -0.39 is 83.5 Å². The zero-order valence-corrected chi connectivity index (χ0v) is 44.8. The molecule has 1 unspecified atom stereocenters. The minimum absolute atomic E-state index is 0.0551. The zero-order chi connectivity index (χ0) is 55.4. The number of imide groups is 1. The van der Waals surface area contributed by atoms with Crippen LogP contribution in [0.15, 0.2) is 42.5 Å². The summed E-state index contributed by atoms with van der Waals surface area (Å²) in [7, 11) is 0. The number of fused-ring (bicyclic) bond motifs is 3. The van der Waals surface area contributed by atoms with Gasteiger partial charge in [-0.25, -0.2) is 8.78 Å². The Morgan fingerprint density at radius 1 is 0.936 bits per heavy atom. The maximum absolute atomic E-state index is 14.6. The number of carbonyl (C=O) groups is 9. The molecule has 416 valence electrons. The predicted molar refractivity (Wildman–Crippen MR) is 284 cm³/mol. The maximum Gasteiger partial charge on any atom is 0.270 e. The number of piperidine rings is 2. The highest BCUT2D eigenvalue weighted by molar-refractivity contribution is 7.20. The number of nitrogens with two attached hydrogens (primary N) is 1. The average Bonchev–Trinajstić information content (AvgIpc) is 4.21. The molecule has 9 rings (SSSR count). The van der Waals surface area contributed by atoms with Gasteiger partial charge in [0.15, 0.2) is 5.78 Å². The largest absolute Gasteiger partial charge is 0.393 e. The number of likely N-dealkylation sites (tertiary alicyclic amines) is 1. The van der Waals surface area contributed by atoms with Gasteiger partial charge >= 0.3 is 0 Å². The fourth-order valence-electron chi connectivity index (χ4n) is 12.6. The molecule has 5 aliphatic heterocycles. The topological polar surface area (TPSA) is 246 Å². The summed E-state index contributed by atoms with van der Waals surface area (Å²) in [6.45, 7) is 2.05. The molecule has 5 fully saturated rings. The molecule has 1 saturated carbocycles. The number of benzene rings is 2. The van der Waals surface area contributed by atoms with Gasteiger partial charge in [-0.1, -0.05) is 43.2 Å². The van der Waals surface area contributed by atoms with Crippen LogP contribution in [0.25, 0.3) is 10.1 Å². The number of nitrogens with one attached hydrogen (secondary N) is 3. The maximum atomic E-state index is 14.6. The molecule has 0 radical (unpaired) electrons. The minimum Gasteiger partial charge on any atom is -0.393 e. The van der Waals surface area contributed by atoms with Crippen LogP contribution in [0.4, 0.5) is 8.78 Å². The van der Waals surface area contributed by atoms with E-state index >= 15 is 0 Å². The van der Waals surface area contributed by atoms with E-state index in [9.17, 15) is 57.0 Å². The van der Waals surface area contributed by atoms with Gasteiger partial charge < -0.3 is 36.2 Å². The molecule has 0 spiro atoms. The monoisotopic (exact) mass is 1090 g/mol. The Labute approximate surface area is 456 Å². The SMILES string of the molecule is CC(F)(F)c1ccc2sc(C(=O)N[C@H]3CC[C@H](O)C[C@H]4CC[C@@H](C(=O)N[C@@H](CCC(N)=O)C(=O)C[C@H](C(=O)N5CCC(CCC#Cc6cccc7c6CN(C6CCC(=O)NC6=O)C7=O)CC5)C5CCCCC5)N4C3=O)cc2c1. The Bertz CT molecular complexity index is 2920. The van der Waals surface area contributed by atoms with E-state index in [4.69, 9.17) is 5.73 Å². The van der Waals surface area contributed by atoms with Gasteiger partial charge in [-0.15, -0.1) is 11.3 Å². The lowest BCUT2D eigenvalue weighted by molar-refractivity contribution is -0.145. The summed E-state index contributed by atoms with van der Waals surface area (Å²) < 4.78 is 28.8. The zero-order valence-electron chi connectivity index (χ0n) is 44.0. The summed E-state index contributed by atoms with van der Waals surface area (Å²) in [5.74, 6) is -0.969. The first-order valence-corrected chi connectivity index (χ1v) is 28.5. The third-order valence-corrected chi connectivity index (χ3v) is 18.1. The van der Waals surface area contributed by atoms with Crippen molar-refractivity contribution < 1.29 is 57.0 Å². The van der Waals surface area contributed by atoms with Crippen molar-refractivity contribution in [2.75, 3.05) is 13.1 Å². The second kappa shape index (κ2) is 24.2. The highest BCUT2D eigenvalue weighted by Crippen LogP contribution is 2.38. The summed E-state index contributed by atoms with van der Waals surface area (Å²) >= 11 is 1.09. The van der Waals surface area contributed by atoms with Crippen LogP contribution in [-0.4, -0.2) is 122 Å². The Balaban J connectivity index is 0.823. The van der Waals surface area contributed by atoms with Crippen molar-refractivity contribution in [3.63, 3.8) is 0 Å². The quantitative estimate of drug-likeness (QED) is 0.0859. The first kappa shape index (κ1) is 56.1. The molecule has 17 nitrogen and oxygen atoms in total. The van der Waals surface area contributed by atoms with Crippen LogP contribution in [0.5, 0.6) is 0 Å². The lowest BCUT2D eigenvalue weighted by Gasteiger charge is -2.38. The predicted octanol–water partition coefficient (Wildman–Crippen LogP) is 5.75. The van der Waals surface area contributed by atoms with Crippen LogP contribution in [0.2, 0.25) is 0 Å². The number of ketones is 1. The van der Waals surface area contributed by atoms with Crippen LogP contribution >= 0.6 is 11.3 Å². The number of carbonyl (C=O) groups excluding carboxylic acids is 9. The molecule has 20 heteroatoms. The first-order chi connectivity index (χ1) is 37.3. The molecule has 6 N–H and O–H groups in total. The molecule has 78 heavy (non-hydrogen) atoms. The highest BCUT2D eigenvalue weighted by Gasteiger charge is 2.47. The molecular weight excluding hydrogens is 1020 g/mol. The standard InChI is InChI=1S/C58H69F2N7O10S/c1-58(59,60)37-14-21-48-36(28-37)29-49(78-48)54(74)63-44-17-16-39(68)30-38-15-19-46(67(38)57(44)77)53(73)62-43(18-22-50(61)70)47(69)31-41(34-9-3-2-4-10-34)55(75)65-26-24-33(25-27-65)8-5-6-11-35-12-7-13-40-42(35)32-66(56(40)76)45-20-23-51(71)64-52(45)72/h7,12-14,21,28-29,33-34,38-39,41,43-46,68H,2-5,8-10,15-20,22-27,30-32H2,1H3,(H2,61,70)(H,62,73)(H,63,74)(H,64,71,72)/t38-,39+,41+,43+,44+,45?,46+/m1/s1. The van der Waals surface area contributed by atoms with Gasteiger partial charge in [-0.3, -0.25) is 48.5 Å². The van der Waals surface area contributed by atoms with Crippen molar-refractivity contribution in [1.82, 2.24) is 30.7 Å². The van der Waals surface area contributed by atoms with Crippen LogP contribution in [-0.2, 0) is 46.0 Å². The molecule has 6 heterocycles. The highest BCUT2D eigenvalue weighted by atomic mass is 32.1. The molecule has 8 amide bonds. The number of aliphatic hydroxyl groups excluding tert-OH is 1. The Morgan fingerprint density at radius 2 is 1.71 bits per heavy atom. The van der Waals surface area contributed by atoms with Gasteiger partial charge in [0.05, 0.1) is 17.0 Å².